The third-order valence-electron chi connectivity index (χ3n) is 4.16. The molecule has 0 N–H and O–H groups in total. The Labute approximate surface area is 140 Å². The minimum Gasteiger partial charge on any atom is -0.379 e. The number of ether oxygens (including phenoxy) is 2. The van der Waals surface area contributed by atoms with Gasteiger partial charge in [-0.25, -0.2) is 0 Å². The third kappa shape index (κ3) is 19.9. The molecule has 0 aliphatic carbocycles. The molecule has 133 valence electrons. The Bertz CT molecular complexity index is 163. The summed E-state index contributed by atoms with van der Waals surface area (Å²) >= 11 is 0. The van der Waals surface area contributed by atoms with Gasteiger partial charge in [0.05, 0.1) is 13.2 Å². The van der Waals surface area contributed by atoms with Crippen LogP contribution in [0.2, 0.25) is 0 Å². The lowest BCUT2D eigenvalue weighted by atomic mass is 10.0. The number of unbranched alkanes of at least 4 members (excludes halogenated alkanes) is 13. The van der Waals surface area contributed by atoms with Crippen molar-refractivity contribution in [1.29, 1.82) is 0 Å². The normalized spacial score (nSPS) is 11.2. The summed E-state index contributed by atoms with van der Waals surface area (Å²) in [6.07, 6.45) is 19.7. The Morgan fingerprint density at radius 3 is 1.36 bits per heavy atom. The van der Waals surface area contributed by atoms with E-state index < -0.39 is 0 Å². The summed E-state index contributed by atoms with van der Waals surface area (Å²) in [6.45, 7) is 8.74. The average molecular weight is 314 g/mol. The molecule has 0 aliphatic heterocycles. The van der Waals surface area contributed by atoms with Gasteiger partial charge in [0.25, 0.3) is 0 Å². The van der Waals surface area contributed by atoms with Crippen LogP contribution >= 0.6 is 0 Å². The van der Waals surface area contributed by atoms with Crippen LogP contribution in [0.3, 0.4) is 0 Å². The molecule has 0 atom stereocenters. The van der Waals surface area contributed by atoms with E-state index in [4.69, 9.17) is 9.47 Å². The predicted octanol–water partition coefficient (Wildman–Crippen LogP) is 6.33. The zero-order valence-corrected chi connectivity index (χ0v) is 15.3. The highest BCUT2D eigenvalue weighted by molar-refractivity contribution is 4.49. The average Bonchev–Trinajstić information content (AvgIpc) is 2.54. The molecular formula is C20H41O2. The monoisotopic (exact) mass is 313 g/mol. The highest BCUT2D eigenvalue weighted by Gasteiger charge is 1.94. The van der Waals surface area contributed by atoms with Crippen LogP contribution in [-0.2, 0) is 9.47 Å². The molecule has 0 rings (SSSR count). The quantitative estimate of drug-likeness (QED) is 0.259. The molecule has 0 heterocycles. The number of hydrogen-bond acceptors (Lipinski definition) is 2. The zero-order chi connectivity index (χ0) is 16.1. The van der Waals surface area contributed by atoms with Gasteiger partial charge in [-0.15, -0.1) is 0 Å². The molecule has 0 aliphatic rings. The fourth-order valence-electron chi connectivity index (χ4n) is 2.72. The molecule has 0 amide bonds. The van der Waals surface area contributed by atoms with Gasteiger partial charge in [-0.2, -0.15) is 0 Å². The maximum Gasteiger partial charge on any atom is 0.0700 e. The van der Waals surface area contributed by atoms with Gasteiger partial charge >= 0.3 is 0 Å². The summed E-state index contributed by atoms with van der Waals surface area (Å²) in [7, 11) is 0. The first-order valence-electron chi connectivity index (χ1n) is 9.86. The predicted molar refractivity (Wildman–Crippen MR) is 97.3 cm³/mol. The van der Waals surface area contributed by atoms with E-state index in [9.17, 15) is 0 Å². The van der Waals surface area contributed by atoms with Crippen LogP contribution in [0.5, 0.6) is 0 Å². The first-order chi connectivity index (χ1) is 10.9. The summed E-state index contributed by atoms with van der Waals surface area (Å²) in [4.78, 5) is 0. The summed E-state index contributed by atoms with van der Waals surface area (Å²) in [5.41, 5.74) is 0. The molecule has 0 aromatic carbocycles. The van der Waals surface area contributed by atoms with Crippen molar-refractivity contribution in [3.05, 3.63) is 6.92 Å². The van der Waals surface area contributed by atoms with Gasteiger partial charge in [0, 0.05) is 13.2 Å². The molecule has 0 fully saturated rings. The summed E-state index contributed by atoms with van der Waals surface area (Å²) < 4.78 is 10.6. The minimum absolute atomic E-state index is 0.544. The summed E-state index contributed by atoms with van der Waals surface area (Å²) in [6, 6.07) is 0. The van der Waals surface area contributed by atoms with E-state index >= 15 is 0 Å². The van der Waals surface area contributed by atoms with Crippen LogP contribution in [0.15, 0.2) is 0 Å². The van der Waals surface area contributed by atoms with E-state index in [2.05, 4.69) is 13.8 Å². The van der Waals surface area contributed by atoms with Crippen LogP contribution in [-0.4, -0.2) is 26.4 Å². The van der Waals surface area contributed by atoms with Gasteiger partial charge in [-0.3, -0.25) is 0 Å². The Kier molecular flexibility index (Phi) is 20.8. The molecular weight excluding hydrogens is 272 g/mol. The first kappa shape index (κ1) is 21.9. The maximum atomic E-state index is 5.49. The molecule has 0 saturated heterocycles. The van der Waals surface area contributed by atoms with Crippen molar-refractivity contribution in [2.45, 2.75) is 96.8 Å². The van der Waals surface area contributed by atoms with E-state index in [0.717, 1.165) is 6.61 Å². The second-order valence-electron chi connectivity index (χ2n) is 6.32. The molecule has 2 nitrogen and oxygen atoms in total. The third-order valence-corrected chi connectivity index (χ3v) is 4.16. The summed E-state index contributed by atoms with van der Waals surface area (Å²) in [5, 5.41) is 0. The van der Waals surface area contributed by atoms with Gasteiger partial charge in [0.1, 0.15) is 0 Å². The van der Waals surface area contributed by atoms with Crippen molar-refractivity contribution in [2.75, 3.05) is 26.4 Å². The molecule has 2 heteroatoms. The Morgan fingerprint density at radius 1 is 0.500 bits per heavy atom. The highest BCUT2D eigenvalue weighted by Crippen LogP contribution is 2.12. The number of hydrogen-bond donors (Lipinski definition) is 0. The lowest BCUT2D eigenvalue weighted by molar-refractivity contribution is 0.0561. The van der Waals surface area contributed by atoms with E-state index in [-0.39, 0.29) is 0 Å². The van der Waals surface area contributed by atoms with Crippen LogP contribution in [0.4, 0.5) is 0 Å². The smallest absolute Gasteiger partial charge is 0.0700 e. The van der Waals surface area contributed by atoms with Crippen molar-refractivity contribution in [3.63, 3.8) is 0 Å². The topological polar surface area (TPSA) is 18.5 Å². The highest BCUT2D eigenvalue weighted by atomic mass is 16.5. The van der Waals surface area contributed by atoms with Crippen LogP contribution in [0.1, 0.15) is 96.8 Å². The molecule has 0 aromatic rings. The van der Waals surface area contributed by atoms with Gasteiger partial charge < -0.3 is 9.47 Å². The molecule has 22 heavy (non-hydrogen) atoms. The second-order valence-corrected chi connectivity index (χ2v) is 6.32. The minimum atomic E-state index is 0.544. The Balaban J connectivity index is 2.91. The maximum absolute atomic E-state index is 5.49. The van der Waals surface area contributed by atoms with Crippen LogP contribution in [0, 0.1) is 6.92 Å². The summed E-state index contributed by atoms with van der Waals surface area (Å²) in [5.74, 6) is 0. The SMILES string of the molecule is [CH2]COCCOCCCCCCCCCCCCCCCC. The van der Waals surface area contributed by atoms with Crippen molar-refractivity contribution < 1.29 is 9.47 Å². The van der Waals surface area contributed by atoms with Gasteiger partial charge in [0.15, 0.2) is 0 Å². The molecule has 0 unspecified atom stereocenters. The fourth-order valence-corrected chi connectivity index (χ4v) is 2.72. The second kappa shape index (κ2) is 20.9. The molecule has 0 spiro atoms. The molecule has 1 radical (unpaired) electrons. The number of rotatable bonds is 19. The Morgan fingerprint density at radius 2 is 0.909 bits per heavy atom. The van der Waals surface area contributed by atoms with E-state index in [1.807, 2.05) is 0 Å². The van der Waals surface area contributed by atoms with E-state index in [0.29, 0.717) is 19.8 Å². The van der Waals surface area contributed by atoms with Gasteiger partial charge in [-0.05, 0) is 13.3 Å². The lowest BCUT2D eigenvalue weighted by Crippen LogP contribution is -2.04. The first-order valence-corrected chi connectivity index (χ1v) is 9.86. The van der Waals surface area contributed by atoms with Crippen LogP contribution in [0.25, 0.3) is 0 Å². The van der Waals surface area contributed by atoms with Gasteiger partial charge in [0.2, 0.25) is 0 Å². The van der Waals surface area contributed by atoms with Crippen molar-refractivity contribution in [3.8, 4) is 0 Å². The van der Waals surface area contributed by atoms with Crippen LogP contribution < -0.4 is 0 Å². The molecule has 0 bridgehead atoms. The zero-order valence-electron chi connectivity index (χ0n) is 15.3. The standard InChI is InChI=1S/C20H41O2/c1-3-5-6-7-8-9-10-11-12-13-14-15-16-17-18-22-20-19-21-4-2/h2-20H2,1H3. The Hall–Kier alpha value is -0.0800. The lowest BCUT2D eigenvalue weighted by Gasteiger charge is -2.05. The van der Waals surface area contributed by atoms with Gasteiger partial charge in [-0.1, -0.05) is 90.4 Å². The van der Waals surface area contributed by atoms with E-state index in [1.54, 1.807) is 0 Å². The van der Waals surface area contributed by atoms with Crippen molar-refractivity contribution in [1.82, 2.24) is 0 Å². The van der Waals surface area contributed by atoms with Crippen molar-refractivity contribution >= 4 is 0 Å². The fraction of sp³-hybridized carbons (Fsp3) is 0.950. The molecule has 0 saturated carbocycles. The van der Waals surface area contributed by atoms with Crippen molar-refractivity contribution in [2.24, 2.45) is 0 Å². The molecule has 0 aromatic heterocycles. The van der Waals surface area contributed by atoms with E-state index in [1.165, 1.54) is 89.9 Å². The largest absolute Gasteiger partial charge is 0.379 e.